The molecule has 2 atom stereocenters. The predicted molar refractivity (Wildman–Crippen MR) is 81.9 cm³/mol. The quantitative estimate of drug-likeness (QED) is 0.850. The third kappa shape index (κ3) is 2.19. The predicted octanol–water partition coefficient (Wildman–Crippen LogP) is 3.38. The zero-order valence-electron chi connectivity index (χ0n) is 12.6. The summed E-state index contributed by atoms with van der Waals surface area (Å²) in [4.78, 5) is 15.1. The first kappa shape index (κ1) is 13.5. The standard InChI is InChI=1S/C17H24N2O/c1-12-11-14(13-7-4-5-8-15(13)18-12)16(20)19-10-6-9-17(19,2)3/h4-5,7-8,12,14,18H,6,9-11H2,1-3H3. The largest absolute Gasteiger partial charge is 0.382 e. The maximum atomic E-state index is 13.0. The lowest BCUT2D eigenvalue weighted by atomic mass is 9.85. The molecule has 2 unspecified atom stereocenters. The second-order valence-corrected chi connectivity index (χ2v) is 6.83. The van der Waals surface area contributed by atoms with Crippen molar-refractivity contribution >= 4 is 11.6 Å². The van der Waals surface area contributed by atoms with Crippen molar-refractivity contribution in [2.75, 3.05) is 11.9 Å². The van der Waals surface area contributed by atoms with Gasteiger partial charge in [0, 0.05) is 23.8 Å². The highest BCUT2D eigenvalue weighted by molar-refractivity contribution is 5.87. The van der Waals surface area contributed by atoms with Crippen molar-refractivity contribution < 1.29 is 4.79 Å². The summed E-state index contributed by atoms with van der Waals surface area (Å²) in [5.41, 5.74) is 2.31. The van der Waals surface area contributed by atoms with Gasteiger partial charge in [-0.1, -0.05) is 18.2 Å². The van der Waals surface area contributed by atoms with Crippen LogP contribution in [0.3, 0.4) is 0 Å². The van der Waals surface area contributed by atoms with Crippen molar-refractivity contribution in [3.8, 4) is 0 Å². The molecule has 1 saturated heterocycles. The number of likely N-dealkylation sites (tertiary alicyclic amines) is 1. The Hall–Kier alpha value is -1.51. The van der Waals surface area contributed by atoms with Gasteiger partial charge in [-0.25, -0.2) is 0 Å². The fourth-order valence-electron chi connectivity index (χ4n) is 3.68. The molecule has 0 radical (unpaired) electrons. The molecule has 0 aliphatic carbocycles. The van der Waals surface area contributed by atoms with Gasteiger partial charge in [0.2, 0.25) is 5.91 Å². The highest BCUT2D eigenvalue weighted by Gasteiger charge is 2.40. The lowest BCUT2D eigenvalue weighted by Crippen LogP contribution is -2.46. The summed E-state index contributed by atoms with van der Waals surface area (Å²) in [7, 11) is 0. The summed E-state index contributed by atoms with van der Waals surface area (Å²) < 4.78 is 0. The molecule has 1 amide bonds. The average molecular weight is 272 g/mol. The molecule has 0 aromatic heterocycles. The van der Waals surface area contributed by atoms with Crippen molar-refractivity contribution in [2.24, 2.45) is 0 Å². The molecule has 2 aliphatic heterocycles. The zero-order valence-corrected chi connectivity index (χ0v) is 12.6. The van der Waals surface area contributed by atoms with Gasteiger partial charge in [-0.3, -0.25) is 4.79 Å². The van der Waals surface area contributed by atoms with E-state index in [0.717, 1.165) is 31.5 Å². The van der Waals surface area contributed by atoms with Gasteiger partial charge in [-0.15, -0.1) is 0 Å². The second-order valence-electron chi connectivity index (χ2n) is 6.83. The van der Waals surface area contributed by atoms with Gasteiger partial charge in [0.15, 0.2) is 0 Å². The van der Waals surface area contributed by atoms with Crippen LogP contribution in [0.5, 0.6) is 0 Å². The molecule has 0 spiro atoms. The number of para-hydroxylation sites is 1. The van der Waals surface area contributed by atoms with E-state index in [1.165, 1.54) is 5.56 Å². The van der Waals surface area contributed by atoms with Crippen LogP contribution in [-0.2, 0) is 4.79 Å². The minimum atomic E-state index is 0.0137. The van der Waals surface area contributed by atoms with Crippen LogP contribution in [0.4, 0.5) is 5.69 Å². The molecule has 2 heterocycles. The Labute approximate surface area is 121 Å². The maximum Gasteiger partial charge on any atom is 0.230 e. The highest BCUT2D eigenvalue weighted by atomic mass is 16.2. The van der Waals surface area contributed by atoms with Crippen LogP contribution >= 0.6 is 0 Å². The maximum absolute atomic E-state index is 13.0. The van der Waals surface area contributed by atoms with Gasteiger partial charge in [0.1, 0.15) is 0 Å². The number of hydrogen-bond acceptors (Lipinski definition) is 2. The van der Waals surface area contributed by atoms with Gasteiger partial charge in [0.05, 0.1) is 5.92 Å². The van der Waals surface area contributed by atoms with Crippen molar-refractivity contribution in [1.82, 2.24) is 4.90 Å². The van der Waals surface area contributed by atoms with E-state index in [4.69, 9.17) is 0 Å². The number of benzene rings is 1. The first-order chi connectivity index (χ1) is 9.49. The summed E-state index contributed by atoms with van der Waals surface area (Å²) >= 11 is 0. The van der Waals surface area contributed by atoms with Crippen LogP contribution in [0.15, 0.2) is 24.3 Å². The molecule has 20 heavy (non-hydrogen) atoms. The molecular formula is C17H24N2O. The van der Waals surface area contributed by atoms with E-state index in [2.05, 4.69) is 43.1 Å². The van der Waals surface area contributed by atoms with Crippen molar-refractivity contribution in [1.29, 1.82) is 0 Å². The van der Waals surface area contributed by atoms with Crippen molar-refractivity contribution in [2.45, 2.75) is 57.5 Å². The Kier molecular flexibility index (Phi) is 3.23. The number of anilines is 1. The van der Waals surface area contributed by atoms with E-state index in [1.54, 1.807) is 0 Å². The van der Waals surface area contributed by atoms with Crippen molar-refractivity contribution in [3.05, 3.63) is 29.8 Å². The number of amides is 1. The van der Waals surface area contributed by atoms with E-state index in [1.807, 2.05) is 12.1 Å². The SMILES string of the molecule is CC1CC(C(=O)N2CCCC2(C)C)c2ccccc2N1. The zero-order chi connectivity index (χ0) is 14.3. The number of carbonyl (C=O) groups is 1. The molecule has 3 heteroatoms. The van der Waals surface area contributed by atoms with Crippen molar-refractivity contribution in [3.63, 3.8) is 0 Å². The first-order valence-corrected chi connectivity index (χ1v) is 7.66. The van der Waals surface area contributed by atoms with E-state index >= 15 is 0 Å². The topological polar surface area (TPSA) is 32.3 Å². The summed E-state index contributed by atoms with van der Waals surface area (Å²) in [6.45, 7) is 7.44. The summed E-state index contributed by atoms with van der Waals surface area (Å²) in [5, 5.41) is 3.49. The molecule has 108 valence electrons. The minimum absolute atomic E-state index is 0.0137. The minimum Gasteiger partial charge on any atom is -0.382 e. The molecule has 3 nitrogen and oxygen atoms in total. The van der Waals surface area contributed by atoms with E-state index in [-0.39, 0.29) is 11.5 Å². The van der Waals surface area contributed by atoms with Crippen LogP contribution < -0.4 is 5.32 Å². The van der Waals surface area contributed by atoms with Crippen LogP contribution in [0.25, 0.3) is 0 Å². The number of carbonyl (C=O) groups excluding carboxylic acids is 1. The molecule has 1 aromatic rings. The number of nitrogens with one attached hydrogen (secondary N) is 1. The Morgan fingerprint density at radius 1 is 1.35 bits per heavy atom. The summed E-state index contributed by atoms with van der Waals surface area (Å²) in [6.07, 6.45) is 3.13. The molecule has 2 aliphatic rings. The van der Waals surface area contributed by atoms with Gasteiger partial charge in [0.25, 0.3) is 0 Å². The summed E-state index contributed by atoms with van der Waals surface area (Å²) in [5.74, 6) is 0.327. The molecule has 1 N–H and O–H groups in total. The molecule has 3 rings (SSSR count). The van der Waals surface area contributed by atoms with E-state index in [0.29, 0.717) is 11.9 Å². The lowest BCUT2D eigenvalue weighted by molar-refractivity contribution is -0.136. The van der Waals surface area contributed by atoms with Gasteiger partial charge < -0.3 is 10.2 Å². The second kappa shape index (κ2) is 4.80. The fourth-order valence-corrected chi connectivity index (χ4v) is 3.68. The molecule has 1 fully saturated rings. The lowest BCUT2D eigenvalue weighted by Gasteiger charge is -2.38. The smallest absolute Gasteiger partial charge is 0.230 e. The van der Waals surface area contributed by atoms with E-state index in [9.17, 15) is 4.79 Å². The van der Waals surface area contributed by atoms with Gasteiger partial charge in [-0.2, -0.15) is 0 Å². The Balaban J connectivity index is 1.92. The number of hydrogen-bond donors (Lipinski definition) is 1. The van der Waals surface area contributed by atoms with Crippen LogP contribution in [-0.4, -0.2) is 28.9 Å². The third-order valence-electron chi connectivity index (χ3n) is 4.79. The third-order valence-corrected chi connectivity index (χ3v) is 4.79. The van der Waals surface area contributed by atoms with Gasteiger partial charge in [-0.05, 0) is 51.7 Å². The number of fused-ring (bicyclic) bond motifs is 1. The van der Waals surface area contributed by atoms with Gasteiger partial charge >= 0.3 is 0 Å². The average Bonchev–Trinajstić information content (AvgIpc) is 2.76. The Bertz CT molecular complexity index is 523. The number of rotatable bonds is 1. The normalized spacial score (nSPS) is 27.9. The first-order valence-electron chi connectivity index (χ1n) is 7.66. The monoisotopic (exact) mass is 272 g/mol. The molecule has 1 aromatic carbocycles. The molecule has 0 saturated carbocycles. The van der Waals surface area contributed by atoms with Crippen LogP contribution in [0.2, 0.25) is 0 Å². The van der Waals surface area contributed by atoms with E-state index < -0.39 is 0 Å². The number of nitrogens with zero attached hydrogens (tertiary/aromatic N) is 1. The summed E-state index contributed by atoms with van der Waals surface area (Å²) in [6, 6.07) is 8.60. The fraction of sp³-hybridized carbons (Fsp3) is 0.588. The van der Waals surface area contributed by atoms with Crippen LogP contribution in [0.1, 0.15) is 51.5 Å². The Morgan fingerprint density at radius 3 is 2.80 bits per heavy atom. The molecular weight excluding hydrogens is 248 g/mol. The molecule has 0 bridgehead atoms. The van der Waals surface area contributed by atoms with Crippen LogP contribution in [0, 0.1) is 0 Å². The highest BCUT2D eigenvalue weighted by Crippen LogP contribution is 2.38. The Morgan fingerprint density at radius 2 is 2.10 bits per heavy atom.